The van der Waals surface area contributed by atoms with Gasteiger partial charge in [0.15, 0.2) is 0 Å². The molecular formula is C18H16N4O. The Bertz CT molecular complexity index is 784. The highest BCUT2D eigenvalue weighted by Gasteiger charge is 2.05. The first-order valence-electron chi connectivity index (χ1n) is 7.23. The summed E-state index contributed by atoms with van der Waals surface area (Å²) in [6.45, 7) is 1.99. The zero-order valence-electron chi connectivity index (χ0n) is 12.7. The summed E-state index contributed by atoms with van der Waals surface area (Å²) in [7, 11) is 0. The van der Waals surface area contributed by atoms with E-state index in [1.165, 1.54) is 0 Å². The van der Waals surface area contributed by atoms with Gasteiger partial charge in [-0.1, -0.05) is 17.7 Å². The highest BCUT2D eigenvalue weighted by molar-refractivity contribution is 6.04. The fraction of sp³-hybridized carbons (Fsp3) is 0.0556. The molecule has 0 saturated carbocycles. The second-order valence-corrected chi connectivity index (χ2v) is 5.09. The Morgan fingerprint density at radius 2 is 1.48 bits per heavy atom. The standard InChI is InChI=1S/C18H16N4O/c1-13-3-5-14(6-4-13)17(23)21-15-7-9-16(10-8-15)22-18-19-11-2-12-20-18/h2-12H,1H3,(H,21,23)(H,19,20,22). The Hall–Kier alpha value is -3.21. The van der Waals surface area contributed by atoms with E-state index in [0.717, 1.165) is 16.9 Å². The lowest BCUT2D eigenvalue weighted by atomic mass is 10.1. The number of aromatic nitrogens is 2. The zero-order valence-corrected chi connectivity index (χ0v) is 12.7. The largest absolute Gasteiger partial charge is 0.324 e. The number of nitrogens with zero attached hydrogens (tertiary/aromatic N) is 2. The third kappa shape index (κ3) is 3.91. The fourth-order valence-corrected chi connectivity index (χ4v) is 2.04. The maximum Gasteiger partial charge on any atom is 0.255 e. The molecule has 2 aromatic carbocycles. The van der Waals surface area contributed by atoms with Crippen LogP contribution in [0.15, 0.2) is 67.0 Å². The lowest BCUT2D eigenvalue weighted by Crippen LogP contribution is -2.11. The summed E-state index contributed by atoms with van der Waals surface area (Å²) in [6.07, 6.45) is 3.34. The van der Waals surface area contributed by atoms with E-state index in [1.54, 1.807) is 18.5 Å². The number of nitrogens with one attached hydrogen (secondary N) is 2. The van der Waals surface area contributed by atoms with E-state index in [4.69, 9.17) is 0 Å². The minimum Gasteiger partial charge on any atom is -0.324 e. The molecule has 0 saturated heterocycles. The van der Waals surface area contributed by atoms with E-state index < -0.39 is 0 Å². The first kappa shape index (κ1) is 14.7. The normalized spacial score (nSPS) is 10.1. The first-order valence-corrected chi connectivity index (χ1v) is 7.23. The van der Waals surface area contributed by atoms with E-state index in [0.29, 0.717) is 11.5 Å². The van der Waals surface area contributed by atoms with Gasteiger partial charge in [0, 0.05) is 29.3 Å². The van der Waals surface area contributed by atoms with Crippen molar-refractivity contribution in [3.05, 3.63) is 78.1 Å². The topological polar surface area (TPSA) is 66.9 Å². The van der Waals surface area contributed by atoms with Crippen molar-refractivity contribution in [2.45, 2.75) is 6.92 Å². The molecule has 1 aromatic heterocycles. The van der Waals surface area contributed by atoms with E-state index >= 15 is 0 Å². The molecule has 2 N–H and O–H groups in total. The molecule has 5 heteroatoms. The summed E-state index contributed by atoms with van der Waals surface area (Å²) in [5, 5.41) is 5.96. The first-order chi connectivity index (χ1) is 11.2. The second kappa shape index (κ2) is 6.70. The van der Waals surface area contributed by atoms with Gasteiger partial charge in [0.25, 0.3) is 5.91 Å². The molecule has 3 aromatic rings. The third-order valence-corrected chi connectivity index (χ3v) is 3.28. The number of anilines is 3. The molecule has 0 fully saturated rings. The van der Waals surface area contributed by atoms with Crippen molar-refractivity contribution in [2.75, 3.05) is 10.6 Å². The molecule has 0 aliphatic rings. The Balaban J connectivity index is 1.65. The summed E-state index contributed by atoms with van der Waals surface area (Å²) < 4.78 is 0. The Labute approximate surface area is 134 Å². The zero-order chi connectivity index (χ0) is 16.1. The Morgan fingerprint density at radius 1 is 0.870 bits per heavy atom. The minimum atomic E-state index is -0.128. The molecule has 0 bridgehead atoms. The molecular weight excluding hydrogens is 288 g/mol. The van der Waals surface area contributed by atoms with Crippen LogP contribution in [0.1, 0.15) is 15.9 Å². The van der Waals surface area contributed by atoms with Gasteiger partial charge in [-0.25, -0.2) is 9.97 Å². The van der Waals surface area contributed by atoms with Gasteiger partial charge in [0.2, 0.25) is 5.95 Å². The van der Waals surface area contributed by atoms with Crippen molar-refractivity contribution in [1.82, 2.24) is 9.97 Å². The number of hydrogen-bond donors (Lipinski definition) is 2. The van der Waals surface area contributed by atoms with E-state index in [1.807, 2.05) is 55.5 Å². The summed E-state index contributed by atoms with van der Waals surface area (Å²) in [6, 6.07) is 16.6. The molecule has 1 amide bonds. The average molecular weight is 304 g/mol. The summed E-state index contributed by atoms with van der Waals surface area (Å²) in [4.78, 5) is 20.4. The third-order valence-electron chi connectivity index (χ3n) is 3.28. The molecule has 23 heavy (non-hydrogen) atoms. The quantitative estimate of drug-likeness (QED) is 0.769. The van der Waals surface area contributed by atoms with Crippen LogP contribution in [0.5, 0.6) is 0 Å². The molecule has 3 rings (SSSR count). The monoisotopic (exact) mass is 304 g/mol. The molecule has 1 heterocycles. The number of benzene rings is 2. The van der Waals surface area contributed by atoms with Gasteiger partial charge < -0.3 is 10.6 Å². The fourth-order valence-electron chi connectivity index (χ4n) is 2.04. The van der Waals surface area contributed by atoms with Crippen molar-refractivity contribution in [1.29, 1.82) is 0 Å². The molecule has 114 valence electrons. The van der Waals surface area contributed by atoms with E-state index in [2.05, 4.69) is 20.6 Å². The summed E-state index contributed by atoms with van der Waals surface area (Å²) in [5.41, 5.74) is 3.34. The molecule has 0 atom stereocenters. The number of aryl methyl sites for hydroxylation is 1. The van der Waals surface area contributed by atoms with Crippen LogP contribution in [0.3, 0.4) is 0 Å². The minimum absolute atomic E-state index is 0.128. The van der Waals surface area contributed by atoms with Crippen LogP contribution in [0, 0.1) is 6.92 Å². The SMILES string of the molecule is Cc1ccc(C(=O)Nc2ccc(Nc3ncccn3)cc2)cc1. The molecule has 0 spiro atoms. The highest BCUT2D eigenvalue weighted by Crippen LogP contribution is 2.17. The number of hydrogen-bond acceptors (Lipinski definition) is 4. The van der Waals surface area contributed by atoms with Crippen LogP contribution < -0.4 is 10.6 Å². The van der Waals surface area contributed by atoms with Crippen molar-refractivity contribution in [3.63, 3.8) is 0 Å². The van der Waals surface area contributed by atoms with Crippen molar-refractivity contribution in [3.8, 4) is 0 Å². The Kier molecular flexibility index (Phi) is 4.29. The number of rotatable bonds is 4. The maximum absolute atomic E-state index is 12.2. The molecule has 0 radical (unpaired) electrons. The van der Waals surface area contributed by atoms with Gasteiger partial charge >= 0.3 is 0 Å². The van der Waals surface area contributed by atoms with Gasteiger partial charge in [-0.2, -0.15) is 0 Å². The van der Waals surface area contributed by atoms with Crippen molar-refractivity contribution >= 4 is 23.2 Å². The number of amides is 1. The van der Waals surface area contributed by atoms with Gasteiger partial charge in [-0.15, -0.1) is 0 Å². The molecule has 0 aliphatic carbocycles. The predicted octanol–water partition coefficient (Wildman–Crippen LogP) is 3.78. The van der Waals surface area contributed by atoms with E-state index in [9.17, 15) is 4.79 Å². The lowest BCUT2D eigenvalue weighted by molar-refractivity contribution is 0.102. The van der Waals surface area contributed by atoms with Crippen LogP contribution >= 0.6 is 0 Å². The maximum atomic E-state index is 12.2. The smallest absolute Gasteiger partial charge is 0.255 e. The number of carbonyl (C=O) groups excluding carboxylic acids is 1. The molecule has 0 unspecified atom stereocenters. The molecule has 0 aliphatic heterocycles. The highest BCUT2D eigenvalue weighted by atomic mass is 16.1. The van der Waals surface area contributed by atoms with Gasteiger partial charge in [-0.3, -0.25) is 4.79 Å². The summed E-state index contributed by atoms with van der Waals surface area (Å²) in [5.74, 6) is 0.404. The van der Waals surface area contributed by atoms with Crippen LogP contribution in [-0.4, -0.2) is 15.9 Å². The van der Waals surface area contributed by atoms with Crippen LogP contribution in [0.4, 0.5) is 17.3 Å². The predicted molar refractivity (Wildman–Crippen MR) is 90.9 cm³/mol. The lowest BCUT2D eigenvalue weighted by Gasteiger charge is -2.08. The van der Waals surface area contributed by atoms with Crippen LogP contribution in [-0.2, 0) is 0 Å². The van der Waals surface area contributed by atoms with Crippen molar-refractivity contribution in [2.24, 2.45) is 0 Å². The Morgan fingerprint density at radius 3 is 2.13 bits per heavy atom. The van der Waals surface area contributed by atoms with Crippen LogP contribution in [0.25, 0.3) is 0 Å². The van der Waals surface area contributed by atoms with Gasteiger partial charge in [0.05, 0.1) is 0 Å². The average Bonchev–Trinajstić information content (AvgIpc) is 2.58. The number of carbonyl (C=O) groups is 1. The van der Waals surface area contributed by atoms with Gasteiger partial charge in [-0.05, 0) is 49.4 Å². The van der Waals surface area contributed by atoms with E-state index in [-0.39, 0.29) is 5.91 Å². The van der Waals surface area contributed by atoms with Crippen LogP contribution in [0.2, 0.25) is 0 Å². The van der Waals surface area contributed by atoms with Gasteiger partial charge in [0.1, 0.15) is 0 Å². The van der Waals surface area contributed by atoms with Crippen molar-refractivity contribution < 1.29 is 4.79 Å². The summed E-state index contributed by atoms with van der Waals surface area (Å²) >= 11 is 0. The molecule has 5 nitrogen and oxygen atoms in total. The second-order valence-electron chi connectivity index (χ2n) is 5.09.